The van der Waals surface area contributed by atoms with Gasteiger partial charge in [0.1, 0.15) is 0 Å². The predicted molar refractivity (Wildman–Crippen MR) is 56.9 cm³/mol. The summed E-state index contributed by atoms with van der Waals surface area (Å²) in [5.41, 5.74) is 0.431. The van der Waals surface area contributed by atoms with E-state index in [0.29, 0.717) is 17.9 Å². The Labute approximate surface area is 85.6 Å². The molecule has 1 amide bonds. The molecule has 0 bridgehead atoms. The number of amides is 1. The zero-order valence-corrected chi connectivity index (χ0v) is 9.39. The van der Waals surface area contributed by atoms with E-state index in [4.69, 9.17) is 0 Å². The van der Waals surface area contributed by atoms with Gasteiger partial charge in [-0.05, 0) is 26.2 Å². The van der Waals surface area contributed by atoms with Crippen molar-refractivity contribution in [3.8, 4) is 0 Å². The highest BCUT2D eigenvalue weighted by Crippen LogP contribution is 2.06. The van der Waals surface area contributed by atoms with E-state index in [0.717, 1.165) is 0 Å². The normalized spacial score (nSPS) is 12.4. The van der Waals surface area contributed by atoms with Crippen LogP contribution in [-0.2, 0) is 9.59 Å². The van der Waals surface area contributed by atoms with Gasteiger partial charge in [0.15, 0.2) is 5.78 Å². The van der Waals surface area contributed by atoms with Gasteiger partial charge >= 0.3 is 0 Å². The molecular weight excluding hydrogens is 178 g/mol. The van der Waals surface area contributed by atoms with Crippen molar-refractivity contribution in [2.75, 3.05) is 0 Å². The zero-order valence-electron chi connectivity index (χ0n) is 9.39. The molecule has 0 saturated carbocycles. The first-order valence-corrected chi connectivity index (χ1v) is 4.81. The van der Waals surface area contributed by atoms with Gasteiger partial charge in [0.05, 0.1) is 6.04 Å². The van der Waals surface area contributed by atoms with Gasteiger partial charge in [0.25, 0.3) is 0 Å². The van der Waals surface area contributed by atoms with E-state index in [9.17, 15) is 9.59 Å². The number of carbonyl (C=O) groups is 2. The Hall–Kier alpha value is -1.12. The number of hydrogen-bond acceptors (Lipinski definition) is 2. The van der Waals surface area contributed by atoms with Crippen LogP contribution in [0.25, 0.3) is 0 Å². The van der Waals surface area contributed by atoms with Gasteiger partial charge in [-0.15, -0.1) is 0 Å². The van der Waals surface area contributed by atoms with Crippen molar-refractivity contribution in [2.45, 2.75) is 40.2 Å². The average molecular weight is 197 g/mol. The quantitative estimate of drug-likeness (QED) is 0.682. The Bertz CT molecular complexity index is 244. The fourth-order valence-corrected chi connectivity index (χ4v) is 1.08. The molecule has 3 heteroatoms. The van der Waals surface area contributed by atoms with Crippen LogP contribution in [0.1, 0.15) is 34.1 Å². The molecule has 14 heavy (non-hydrogen) atoms. The van der Waals surface area contributed by atoms with Crippen LogP contribution >= 0.6 is 0 Å². The van der Waals surface area contributed by atoms with E-state index in [1.165, 1.54) is 6.92 Å². The van der Waals surface area contributed by atoms with E-state index in [1.54, 1.807) is 6.92 Å². The van der Waals surface area contributed by atoms with Crippen LogP contribution in [0.15, 0.2) is 12.2 Å². The second-order valence-electron chi connectivity index (χ2n) is 4.05. The van der Waals surface area contributed by atoms with Gasteiger partial charge < -0.3 is 5.32 Å². The van der Waals surface area contributed by atoms with Crippen molar-refractivity contribution in [2.24, 2.45) is 5.92 Å². The Morgan fingerprint density at radius 3 is 2.07 bits per heavy atom. The van der Waals surface area contributed by atoms with Crippen LogP contribution in [0.2, 0.25) is 0 Å². The Morgan fingerprint density at radius 1 is 1.29 bits per heavy atom. The lowest BCUT2D eigenvalue weighted by molar-refractivity contribution is -0.125. The Kier molecular flexibility index (Phi) is 5.13. The Balaban J connectivity index is 4.31. The van der Waals surface area contributed by atoms with Crippen molar-refractivity contribution in [3.05, 3.63) is 12.2 Å². The van der Waals surface area contributed by atoms with Crippen molar-refractivity contribution < 1.29 is 9.59 Å². The Morgan fingerprint density at radius 2 is 1.79 bits per heavy atom. The molecule has 3 nitrogen and oxygen atoms in total. The first kappa shape index (κ1) is 12.9. The smallest absolute Gasteiger partial charge is 0.246 e. The van der Waals surface area contributed by atoms with Gasteiger partial charge in [-0.1, -0.05) is 20.4 Å². The molecule has 0 fully saturated rings. The molecule has 1 unspecified atom stereocenters. The van der Waals surface area contributed by atoms with Crippen molar-refractivity contribution >= 4 is 11.7 Å². The summed E-state index contributed by atoms with van der Waals surface area (Å²) in [6, 6.07) is -0.376. The molecule has 0 heterocycles. The third-order valence-corrected chi connectivity index (χ3v) is 1.89. The largest absolute Gasteiger partial charge is 0.343 e. The third-order valence-electron chi connectivity index (χ3n) is 1.89. The molecule has 1 N–H and O–H groups in total. The number of carbonyl (C=O) groups excluding carboxylic acids is 2. The monoisotopic (exact) mass is 197 g/mol. The molecule has 0 aliphatic carbocycles. The van der Waals surface area contributed by atoms with Crippen molar-refractivity contribution in [3.63, 3.8) is 0 Å². The number of ketones is 1. The molecule has 0 aromatic heterocycles. The minimum atomic E-state index is -0.376. The highest BCUT2D eigenvalue weighted by Gasteiger charge is 2.18. The summed E-state index contributed by atoms with van der Waals surface area (Å²) < 4.78 is 0. The molecule has 1 atom stereocenters. The van der Waals surface area contributed by atoms with Crippen LogP contribution in [0.4, 0.5) is 0 Å². The molecule has 0 aliphatic rings. The van der Waals surface area contributed by atoms with Gasteiger partial charge in [0, 0.05) is 5.57 Å². The predicted octanol–water partition coefficient (Wildman–Crippen LogP) is 1.68. The van der Waals surface area contributed by atoms with Gasteiger partial charge in [0.2, 0.25) is 5.91 Å². The maximum absolute atomic E-state index is 11.3. The second-order valence-corrected chi connectivity index (χ2v) is 4.05. The van der Waals surface area contributed by atoms with Crippen molar-refractivity contribution in [1.29, 1.82) is 0 Å². The molecule has 0 aliphatic heterocycles. The highest BCUT2D eigenvalue weighted by molar-refractivity contribution is 5.95. The third kappa shape index (κ3) is 4.80. The van der Waals surface area contributed by atoms with Crippen LogP contribution in [0.5, 0.6) is 0 Å². The summed E-state index contributed by atoms with van der Waals surface area (Å²) in [6.45, 7) is 10.7. The molecule has 0 spiro atoms. The zero-order chi connectivity index (χ0) is 11.3. The number of Topliss-reactive ketones (excluding diaryl/α,β-unsaturated/α-hetero) is 1. The van der Waals surface area contributed by atoms with Gasteiger partial charge in [-0.2, -0.15) is 0 Å². The summed E-state index contributed by atoms with van der Waals surface area (Å²) >= 11 is 0. The lowest BCUT2D eigenvalue weighted by Crippen LogP contribution is -2.40. The van der Waals surface area contributed by atoms with Gasteiger partial charge in [-0.25, -0.2) is 0 Å². The minimum absolute atomic E-state index is 0.00620. The standard InChI is InChI=1S/C11H19NO2/c1-7(2)6-10(9(5)13)12-11(14)8(3)4/h7,10H,3,6H2,1-2,4-5H3,(H,12,14). The van der Waals surface area contributed by atoms with Crippen LogP contribution in [0.3, 0.4) is 0 Å². The lowest BCUT2D eigenvalue weighted by Gasteiger charge is -2.17. The van der Waals surface area contributed by atoms with Crippen LogP contribution in [-0.4, -0.2) is 17.7 Å². The van der Waals surface area contributed by atoms with E-state index in [-0.39, 0.29) is 17.7 Å². The maximum atomic E-state index is 11.3. The molecule has 80 valence electrons. The summed E-state index contributed by atoms with van der Waals surface area (Å²) in [6.07, 6.45) is 0.675. The summed E-state index contributed by atoms with van der Waals surface area (Å²) in [5, 5.41) is 2.66. The molecule has 0 rings (SSSR count). The minimum Gasteiger partial charge on any atom is -0.343 e. The molecule has 0 aromatic rings. The first-order chi connectivity index (χ1) is 6.34. The number of hydrogen-bond donors (Lipinski definition) is 1. The molecule has 0 saturated heterocycles. The maximum Gasteiger partial charge on any atom is 0.246 e. The fourth-order valence-electron chi connectivity index (χ4n) is 1.08. The fraction of sp³-hybridized carbons (Fsp3) is 0.636. The second kappa shape index (κ2) is 5.58. The number of rotatable bonds is 5. The van der Waals surface area contributed by atoms with Gasteiger partial charge in [-0.3, -0.25) is 9.59 Å². The molecular formula is C11H19NO2. The van der Waals surface area contributed by atoms with Crippen LogP contribution in [0, 0.1) is 5.92 Å². The first-order valence-electron chi connectivity index (χ1n) is 4.81. The molecule has 0 aromatic carbocycles. The van der Waals surface area contributed by atoms with E-state index in [2.05, 4.69) is 11.9 Å². The van der Waals surface area contributed by atoms with E-state index in [1.807, 2.05) is 13.8 Å². The van der Waals surface area contributed by atoms with Crippen LogP contribution < -0.4 is 5.32 Å². The highest BCUT2D eigenvalue weighted by atomic mass is 16.2. The summed E-state index contributed by atoms with van der Waals surface area (Å²) in [5.74, 6) is 0.133. The summed E-state index contributed by atoms with van der Waals surface area (Å²) in [4.78, 5) is 22.5. The SMILES string of the molecule is C=C(C)C(=O)NC(CC(C)C)C(C)=O. The lowest BCUT2D eigenvalue weighted by atomic mass is 10.0. The topological polar surface area (TPSA) is 46.2 Å². The van der Waals surface area contributed by atoms with E-state index >= 15 is 0 Å². The molecule has 0 radical (unpaired) electrons. The van der Waals surface area contributed by atoms with Crippen molar-refractivity contribution in [1.82, 2.24) is 5.32 Å². The summed E-state index contributed by atoms with van der Waals surface area (Å²) in [7, 11) is 0. The van der Waals surface area contributed by atoms with E-state index < -0.39 is 0 Å². The number of nitrogens with one attached hydrogen (secondary N) is 1. The average Bonchev–Trinajstić information content (AvgIpc) is 2.01.